The smallest absolute Gasteiger partial charge is 0.278 e. The predicted octanol–water partition coefficient (Wildman–Crippen LogP) is 4.37. The zero-order chi connectivity index (χ0) is 21.0. The largest absolute Gasteiger partial charge is 0.353 e. The van der Waals surface area contributed by atoms with Gasteiger partial charge in [0.05, 0.1) is 11.3 Å². The van der Waals surface area contributed by atoms with Gasteiger partial charge >= 0.3 is 0 Å². The van der Waals surface area contributed by atoms with Crippen molar-refractivity contribution in [2.75, 3.05) is 11.1 Å². The Labute approximate surface area is 175 Å². The highest BCUT2D eigenvalue weighted by atomic mass is 32.2. The minimum absolute atomic E-state index is 0.0817. The SMILES string of the molecule is CCc1ccc(NC(=O)CSc2nc3cc(C)[nH]c3c(=O)n2CCC(C)C)cc1. The van der Waals surface area contributed by atoms with E-state index in [0.717, 1.165) is 24.2 Å². The van der Waals surface area contributed by atoms with Crippen LogP contribution in [-0.4, -0.2) is 26.2 Å². The number of hydrogen-bond acceptors (Lipinski definition) is 4. The number of nitrogens with one attached hydrogen (secondary N) is 2. The van der Waals surface area contributed by atoms with E-state index in [2.05, 4.69) is 36.1 Å². The second kappa shape index (κ2) is 9.31. The number of rotatable bonds is 8. The molecule has 0 unspecified atom stereocenters. The molecule has 154 valence electrons. The molecule has 2 heterocycles. The van der Waals surface area contributed by atoms with Gasteiger partial charge in [0.15, 0.2) is 5.16 Å². The summed E-state index contributed by atoms with van der Waals surface area (Å²) >= 11 is 1.30. The summed E-state index contributed by atoms with van der Waals surface area (Å²) in [7, 11) is 0. The van der Waals surface area contributed by atoms with Gasteiger partial charge in [0, 0.05) is 17.9 Å². The van der Waals surface area contributed by atoms with Gasteiger partial charge in [0.1, 0.15) is 5.52 Å². The van der Waals surface area contributed by atoms with E-state index < -0.39 is 0 Å². The lowest BCUT2D eigenvalue weighted by Gasteiger charge is -2.13. The molecule has 0 saturated heterocycles. The van der Waals surface area contributed by atoms with Gasteiger partial charge in [-0.15, -0.1) is 0 Å². The van der Waals surface area contributed by atoms with E-state index in [1.54, 1.807) is 4.57 Å². The topological polar surface area (TPSA) is 79.8 Å². The molecule has 1 aromatic carbocycles. The number of aryl methyl sites for hydroxylation is 2. The molecule has 6 nitrogen and oxygen atoms in total. The van der Waals surface area contributed by atoms with Crippen LogP contribution in [0.25, 0.3) is 11.0 Å². The Morgan fingerprint density at radius 2 is 2.00 bits per heavy atom. The molecule has 2 aromatic heterocycles. The monoisotopic (exact) mass is 412 g/mol. The first-order valence-electron chi connectivity index (χ1n) is 9.99. The fourth-order valence-corrected chi connectivity index (χ4v) is 3.88. The lowest BCUT2D eigenvalue weighted by molar-refractivity contribution is -0.113. The van der Waals surface area contributed by atoms with Gasteiger partial charge < -0.3 is 10.3 Å². The van der Waals surface area contributed by atoms with Crippen LogP contribution in [0, 0.1) is 12.8 Å². The second-order valence-corrected chi connectivity index (χ2v) is 8.58. The van der Waals surface area contributed by atoms with E-state index in [9.17, 15) is 9.59 Å². The number of carbonyl (C=O) groups is 1. The highest BCUT2D eigenvalue weighted by molar-refractivity contribution is 7.99. The minimum Gasteiger partial charge on any atom is -0.353 e. The predicted molar refractivity (Wildman–Crippen MR) is 120 cm³/mol. The van der Waals surface area contributed by atoms with Crippen LogP contribution in [0.1, 0.15) is 38.4 Å². The van der Waals surface area contributed by atoms with E-state index in [1.165, 1.54) is 17.3 Å². The first-order valence-corrected chi connectivity index (χ1v) is 11.0. The van der Waals surface area contributed by atoms with Crippen molar-refractivity contribution >= 4 is 34.4 Å². The Bertz CT molecular complexity index is 1050. The third kappa shape index (κ3) is 5.29. The molecule has 0 saturated carbocycles. The summed E-state index contributed by atoms with van der Waals surface area (Å²) in [4.78, 5) is 33.1. The highest BCUT2D eigenvalue weighted by Crippen LogP contribution is 2.20. The van der Waals surface area contributed by atoms with Gasteiger partial charge in [0.25, 0.3) is 5.56 Å². The van der Waals surface area contributed by atoms with Crippen molar-refractivity contribution in [1.29, 1.82) is 0 Å². The number of aromatic nitrogens is 3. The molecule has 29 heavy (non-hydrogen) atoms. The van der Waals surface area contributed by atoms with E-state index in [-0.39, 0.29) is 17.2 Å². The average Bonchev–Trinajstić information content (AvgIpc) is 3.07. The van der Waals surface area contributed by atoms with Gasteiger partial charge in [-0.3, -0.25) is 14.2 Å². The summed E-state index contributed by atoms with van der Waals surface area (Å²) in [5, 5.41) is 3.49. The molecule has 0 fully saturated rings. The number of anilines is 1. The lowest BCUT2D eigenvalue weighted by Crippen LogP contribution is -2.25. The number of nitrogens with zero attached hydrogens (tertiary/aromatic N) is 2. The lowest BCUT2D eigenvalue weighted by atomic mass is 10.1. The third-order valence-corrected chi connectivity index (χ3v) is 5.72. The van der Waals surface area contributed by atoms with Crippen molar-refractivity contribution in [3.05, 3.63) is 51.9 Å². The van der Waals surface area contributed by atoms with Crippen molar-refractivity contribution in [1.82, 2.24) is 14.5 Å². The van der Waals surface area contributed by atoms with Crippen molar-refractivity contribution < 1.29 is 4.79 Å². The van der Waals surface area contributed by atoms with Crippen LogP contribution in [0.5, 0.6) is 0 Å². The average molecular weight is 413 g/mol. The molecule has 0 bridgehead atoms. The van der Waals surface area contributed by atoms with Crippen LogP contribution in [0.3, 0.4) is 0 Å². The fourth-order valence-electron chi connectivity index (χ4n) is 3.06. The molecular weight excluding hydrogens is 384 g/mol. The van der Waals surface area contributed by atoms with Crippen LogP contribution in [0.4, 0.5) is 5.69 Å². The van der Waals surface area contributed by atoms with Crippen molar-refractivity contribution in [2.45, 2.75) is 52.2 Å². The third-order valence-electron chi connectivity index (χ3n) is 4.75. The Morgan fingerprint density at radius 3 is 2.66 bits per heavy atom. The van der Waals surface area contributed by atoms with Gasteiger partial charge in [-0.05, 0) is 49.4 Å². The molecule has 0 aliphatic carbocycles. The van der Waals surface area contributed by atoms with E-state index in [4.69, 9.17) is 0 Å². The number of H-pyrrole nitrogens is 1. The van der Waals surface area contributed by atoms with E-state index in [0.29, 0.717) is 28.7 Å². The Hall–Kier alpha value is -2.54. The van der Waals surface area contributed by atoms with Gasteiger partial charge in [0.2, 0.25) is 5.91 Å². The van der Waals surface area contributed by atoms with Gasteiger partial charge in [-0.25, -0.2) is 4.98 Å². The molecule has 0 aliphatic heterocycles. The number of thioether (sulfide) groups is 1. The molecule has 0 spiro atoms. The number of fused-ring (bicyclic) bond motifs is 1. The molecule has 1 amide bonds. The number of aromatic amines is 1. The molecule has 2 N–H and O–H groups in total. The Kier molecular flexibility index (Phi) is 6.79. The van der Waals surface area contributed by atoms with Crippen LogP contribution < -0.4 is 10.9 Å². The molecule has 0 atom stereocenters. The van der Waals surface area contributed by atoms with Gasteiger partial charge in [-0.2, -0.15) is 0 Å². The Morgan fingerprint density at radius 1 is 1.28 bits per heavy atom. The molecule has 3 aromatic rings. The highest BCUT2D eigenvalue weighted by Gasteiger charge is 2.15. The number of amides is 1. The zero-order valence-corrected chi connectivity index (χ0v) is 18.2. The van der Waals surface area contributed by atoms with Crippen LogP contribution >= 0.6 is 11.8 Å². The fraction of sp³-hybridized carbons (Fsp3) is 0.409. The maximum atomic E-state index is 12.9. The quantitative estimate of drug-likeness (QED) is 0.425. The first kappa shape index (κ1) is 21.2. The minimum atomic E-state index is -0.116. The van der Waals surface area contributed by atoms with E-state index >= 15 is 0 Å². The van der Waals surface area contributed by atoms with Crippen LogP contribution in [-0.2, 0) is 17.8 Å². The maximum Gasteiger partial charge on any atom is 0.278 e. The normalized spacial score (nSPS) is 11.3. The summed E-state index contributed by atoms with van der Waals surface area (Å²) < 4.78 is 1.69. The molecule has 7 heteroatoms. The van der Waals surface area contributed by atoms with E-state index in [1.807, 2.05) is 37.3 Å². The number of benzene rings is 1. The van der Waals surface area contributed by atoms with Gasteiger partial charge in [-0.1, -0.05) is 44.7 Å². The standard InChI is InChI=1S/C22H28N4O2S/c1-5-16-6-8-17(9-7-16)24-19(27)13-29-22-25-18-12-15(4)23-20(18)21(28)26(22)11-10-14(2)3/h6-9,12,14,23H,5,10-11,13H2,1-4H3,(H,24,27). The summed E-state index contributed by atoms with van der Waals surface area (Å²) in [6.07, 6.45) is 1.83. The molecule has 0 aliphatic rings. The summed E-state index contributed by atoms with van der Waals surface area (Å²) in [5.74, 6) is 0.544. The Balaban J connectivity index is 1.77. The summed E-state index contributed by atoms with van der Waals surface area (Å²) in [6.45, 7) is 8.84. The van der Waals surface area contributed by atoms with Crippen molar-refractivity contribution in [2.24, 2.45) is 5.92 Å². The summed E-state index contributed by atoms with van der Waals surface area (Å²) in [5.41, 5.74) is 3.99. The number of hydrogen-bond donors (Lipinski definition) is 2. The molecule has 3 rings (SSSR count). The van der Waals surface area contributed by atoms with Crippen molar-refractivity contribution in [3.8, 4) is 0 Å². The van der Waals surface area contributed by atoms with Crippen molar-refractivity contribution in [3.63, 3.8) is 0 Å². The van der Waals surface area contributed by atoms with Crippen LogP contribution in [0.2, 0.25) is 0 Å². The van der Waals surface area contributed by atoms with Crippen LogP contribution in [0.15, 0.2) is 40.3 Å². The second-order valence-electron chi connectivity index (χ2n) is 7.63. The zero-order valence-electron chi connectivity index (χ0n) is 17.4. The summed E-state index contributed by atoms with van der Waals surface area (Å²) in [6, 6.07) is 9.70. The number of carbonyl (C=O) groups excluding carboxylic acids is 1. The molecular formula is C22H28N4O2S. The molecule has 0 radical (unpaired) electrons. The maximum absolute atomic E-state index is 12.9. The first-order chi connectivity index (χ1) is 13.9.